The molecule has 1 aromatic rings. The number of carboxylic acids is 1. The second kappa shape index (κ2) is 7.66. The molecule has 0 aromatic heterocycles. The molecule has 0 bridgehead atoms. The number of carbonyl (C=O) groups excluding carboxylic acids is 2. The topological polar surface area (TPSA) is 95.5 Å². The van der Waals surface area contributed by atoms with Crippen molar-refractivity contribution in [3.05, 3.63) is 34.9 Å². The molecule has 1 unspecified atom stereocenters. The van der Waals surface area contributed by atoms with E-state index in [4.69, 9.17) is 16.7 Å². The van der Waals surface area contributed by atoms with Crippen LogP contribution >= 0.6 is 11.6 Å². The highest BCUT2D eigenvalue weighted by molar-refractivity contribution is 6.33. The number of halogens is 1. The first-order valence-electron chi connectivity index (χ1n) is 7.88. The van der Waals surface area contributed by atoms with E-state index in [-0.39, 0.29) is 17.9 Å². The zero-order valence-electron chi connectivity index (χ0n) is 13.6. The Morgan fingerprint density at radius 3 is 2.38 bits per heavy atom. The quantitative estimate of drug-likeness (QED) is 0.730. The van der Waals surface area contributed by atoms with Crippen LogP contribution in [0.15, 0.2) is 24.3 Å². The van der Waals surface area contributed by atoms with Gasteiger partial charge in [-0.25, -0.2) is 0 Å². The Morgan fingerprint density at radius 2 is 1.83 bits per heavy atom. The van der Waals surface area contributed by atoms with Crippen molar-refractivity contribution in [2.75, 3.05) is 0 Å². The van der Waals surface area contributed by atoms with Gasteiger partial charge in [0.1, 0.15) is 6.04 Å². The molecule has 1 fully saturated rings. The van der Waals surface area contributed by atoms with Crippen molar-refractivity contribution in [3.63, 3.8) is 0 Å². The van der Waals surface area contributed by atoms with Crippen LogP contribution in [-0.2, 0) is 9.59 Å². The highest BCUT2D eigenvalue weighted by Gasteiger charge is 2.37. The van der Waals surface area contributed by atoms with Gasteiger partial charge in [-0.2, -0.15) is 0 Å². The largest absolute Gasteiger partial charge is 0.481 e. The first-order chi connectivity index (χ1) is 11.3. The molecule has 1 atom stereocenters. The van der Waals surface area contributed by atoms with Gasteiger partial charge in [-0.05, 0) is 30.9 Å². The number of hydrogen-bond donors (Lipinski definition) is 3. The number of nitrogens with one attached hydrogen (secondary N) is 2. The Bertz CT molecular complexity index is 641. The Kier molecular flexibility index (Phi) is 5.83. The van der Waals surface area contributed by atoms with E-state index in [1.165, 1.54) is 0 Å². The number of carbonyl (C=O) groups is 3. The molecule has 2 amide bonds. The van der Waals surface area contributed by atoms with Crippen molar-refractivity contribution in [2.45, 2.75) is 38.8 Å². The number of aliphatic carboxylic acids is 1. The van der Waals surface area contributed by atoms with Crippen LogP contribution in [0, 0.1) is 11.8 Å². The minimum Gasteiger partial charge on any atom is -0.481 e. The van der Waals surface area contributed by atoms with E-state index in [2.05, 4.69) is 10.6 Å². The van der Waals surface area contributed by atoms with Crippen LogP contribution in [0.5, 0.6) is 0 Å². The van der Waals surface area contributed by atoms with Crippen LogP contribution in [0.2, 0.25) is 5.02 Å². The summed E-state index contributed by atoms with van der Waals surface area (Å²) in [6.07, 6.45) is 0.842. The molecule has 130 valence electrons. The third kappa shape index (κ3) is 4.26. The molecule has 1 aromatic carbocycles. The number of rotatable bonds is 6. The Balaban J connectivity index is 1.97. The lowest BCUT2D eigenvalue weighted by Crippen LogP contribution is -2.55. The zero-order chi connectivity index (χ0) is 17.9. The molecule has 3 N–H and O–H groups in total. The molecule has 0 heterocycles. The van der Waals surface area contributed by atoms with E-state index in [1.807, 2.05) is 13.8 Å². The van der Waals surface area contributed by atoms with Crippen LogP contribution in [0.25, 0.3) is 0 Å². The number of hydrogen-bond acceptors (Lipinski definition) is 3. The predicted molar refractivity (Wildman–Crippen MR) is 89.8 cm³/mol. The smallest absolute Gasteiger partial charge is 0.306 e. The SMILES string of the molecule is CC(C)C(NC(=O)c1ccccc1Cl)C(=O)NC1CC(C(=O)O)C1. The maximum atomic E-state index is 12.4. The van der Waals surface area contributed by atoms with Gasteiger partial charge < -0.3 is 15.7 Å². The average Bonchev–Trinajstić information content (AvgIpc) is 2.47. The normalized spacial score (nSPS) is 20.8. The molecule has 0 spiro atoms. The second-order valence-electron chi connectivity index (χ2n) is 6.39. The van der Waals surface area contributed by atoms with Crippen LogP contribution in [-0.4, -0.2) is 35.0 Å². The molecule has 7 heteroatoms. The lowest BCUT2D eigenvalue weighted by atomic mass is 9.80. The molecule has 6 nitrogen and oxygen atoms in total. The predicted octanol–water partition coefficient (Wildman–Crippen LogP) is 2.07. The van der Waals surface area contributed by atoms with Gasteiger partial charge in [0.05, 0.1) is 16.5 Å². The molecule has 2 rings (SSSR count). The molecular formula is C17H21ClN2O4. The van der Waals surface area contributed by atoms with Gasteiger partial charge in [0, 0.05) is 6.04 Å². The standard InChI is InChI=1S/C17H21ClN2O4/c1-9(2)14(16(22)19-11-7-10(8-11)17(23)24)20-15(21)12-5-3-4-6-13(12)18/h3-6,9-11,14H,7-8H2,1-2H3,(H,19,22)(H,20,21)(H,23,24). The summed E-state index contributed by atoms with van der Waals surface area (Å²) in [5, 5.41) is 14.7. The Labute approximate surface area is 145 Å². The summed E-state index contributed by atoms with van der Waals surface area (Å²) < 4.78 is 0. The number of benzene rings is 1. The summed E-state index contributed by atoms with van der Waals surface area (Å²) in [7, 11) is 0. The van der Waals surface area contributed by atoms with Gasteiger partial charge in [-0.3, -0.25) is 14.4 Å². The van der Waals surface area contributed by atoms with Crippen LogP contribution < -0.4 is 10.6 Å². The van der Waals surface area contributed by atoms with E-state index in [9.17, 15) is 14.4 Å². The van der Waals surface area contributed by atoms with Crippen molar-refractivity contribution >= 4 is 29.4 Å². The van der Waals surface area contributed by atoms with E-state index in [0.717, 1.165) is 0 Å². The van der Waals surface area contributed by atoms with Gasteiger partial charge in [0.25, 0.3) is 5.91 Å². The fourth-order valence-electron chi connectivity index (χ4n) is 2.63. The second-order valence-corrected chi connectivity index (χ2v) is 6.79. The first kappa shape index (κ1) is 18.3. The lowest BCUT2D eigenvalue weighted by Gasteiger charge is -2.34. The monoisotopic (exact) mass is 352 g/mol. The molecule has 0 saturated heterocycles. The summed E-state index contributed by atoms with van der Waals surface area (Å²) in [6.45, 7) is 3.66. The lowest BCUT2D eigenvalue weighted by molar-refractivity contribution is -0.146. The van der Waals surface area contributed by atoms with E-state index in [1.54, 1.807) is 24.3 Å². The molecule has 24 heavy (non-hydrogen) atoms. The van der Waals surface area contributed by atoms with Crippen molar-refractivity contribution < 1.29 is 19.5 Å². The van der Waals surface area contributed by atoms with Crippen molar-refractivity contribution in [3.8, 4) is 0 Å². The Morgan fingerprint density at radius 1 is 1.21 bits per heavy atom. The molecule has 1 saturated carbocycles. The maximum Gasteiger partial charge on any atom is 0.306 e. The van der Waals surface area contributed by atoms with Gasteiger partial charge in [0.2, 0.25) is 5.91 Å². The van der Waals surface area contributed by atoms with E-state index < -0.39 is 23.8 Å². The number of amides is 2. The highest BCUT2D eigenvalue weighted by atomic mass is 35.5. The number of carboxylic acid groups (broad SMARTS) is 1. The summed E-state index contributed by atoms with van der Waals surface area (Å²) in [5.41, 5.74) is 0.312. The van der Waals surface area contributed by atoms with Crippen LogP contribution in [0.4, 0.5) is 0 Å². The van der Waals surface area contributed by atoms with Crippen LogP contribution in [0.3, 0.4) is 0 Å². The minimum atomic E-state index is -0.840. The molecule has 1 aliphatic rings. The van der Waals surface area contributed by atoms with Crippen LogP contribution in [0.1, 0.15) is 37.0 Å². The van der Waals surface area contributed by atoms with Crippen molar-refractivity contribution in [2.24, 2.45) is 11.8 Å². The molecular weight excluding hydrogens is 332 g/mol. The fraction of sp³-hybridized carbons (Fsp3) is 0.471. The molecule has 0 aliphatic heterocycles. The van der Waals surface area contributed by atoms with E-state index >= 15 is 0 Å². The summed E-state index contributed by atoms with van der Waals surface area (Å²) in [5.74, 6) is -2.07. The van der Waals surface area contributed by atoms with Crippen molar-refractivity contribution in [1.82, 2.24) is 10.6 Å². The molecule has 0 radical (unpaired) electrons. The third-order valence-electron chi connectivity index (χ3n) is 4.19. The summed E-state index contributed by atoms with van der Waals surface area (Å²) in [6, 6.07) is 5.76. The highest BCUT2D eigenvalue weighted by Crippen LogP contribution is 2.27. The van der Waals surface area contributed by atoms with Gasteiger partial charge in [-0.1, -0.05) is 37.6 Å². The fourth-order valence-corrected chi connectivity index (χ4v) is 2.85. The zero-order valence-corrected chi connectivity index (χ0v) is 14.3. The summed E-state index contributed by atoms with van der Waals surface area (Å²) in [4.78, 5) is 35.6. The van der Waals surface area contributed by atoms with Crippen molar-refractivity contribution in [1.29, 1.82) is 0 Å². The summed E-state index contributed by atoms with van der Waals surface area (Å²) >= 11 is 6.01. The maximum absolute atomic E-state index is 12.4. The average molecular weight is 353 g/mol. The van der Waals surface area contributed by atoms with Gasteiger partial charge in [0.15, 0.2) is 0 Å². The Hall–Kier alpha value is -2.08. The van der Waals surface area contributed by atoms with E-state index in [0.29, 0.717) is 23.4 Å². The third-order valence-corrected chi connectivity index (χ3v) is 4.52. The molecule has 1 aliphatic carbocycles. The minimum absolute atomic E-state index is 0.119. The van der Waals surface area contributed by atoms with Gasteiger partial charge >= 0.3 is 5.97 Å². The van der Waals surface area contributed by atoms with Gasteiger partial charge in [-0.15, -0.1) is 0 Å². The first-order valence-corrected chi connectivity index (χ1v) is 8.26.